The summed E-state index contributed by atoms with van der Waals surface area (Å²) in [6.45, 7) is 2.85. The zero-order chi connectivity index (χ0) is 25.7. The molecule has 1 aliphatic carbocycles. The molecule has 36 heavy (non-hydrogen) atoms. The average Bonchev–Trinajstić information content (AvgIpc) is 3.55. The van der Waals surface area contributed by atoms with Crippen molar-refractivity contribution in [2.75, 3.05) is 13.7 Å². The molecule has 2 aliphatic rings. The second-order valence-electron chi connectivity index (χ2n) is 9.95. The number of aryl methyl sites for hydroxylation is 1. The maximum atomic E-state index is 14.2. The van der Waals surface area contributed by atoms with E-state index >= 15 is 0 Å². The first-order chi connectivity index (χ1) is 17.2. The topological polar surface area (TPSA) is 65.6 Å². The minimum absolute atomic E-state index is 0.0585. The number of rotatable bonds is 7. The number of alkyl halides is 4. The molecule has 2 fully saturated rings. The number of aromatic carboxylic acids is 1. The van der Waals surface area contributed by atoms with E-state index in [2.05, 4.69) is 9.88 Å². The van der Waals surface area contributed by atoms with Crippen LogP contribution in [0.1, 0.15) is 57.9 Å². The fourth-order valence-electron chi connectivity index (χ4n) is 6.43. The molecule has 0 bridgehead atoms. The van der Waals surface area contributed by atoms with Crippen LogP contribution in [0.2, 0.25) is 0 Å². The summed E-state index contributed by atoms with van der Waals surface area (Å²) in [5.74, 6) is -1.66. The number of halogens is 4. The smallest absolute Gasteiger partial charge is 0.335 e. The van der Waals surface area contributed by atoms with Crippen molar-refractivity contribution in [3.05, 3.63) is 64.3 Å². The molecule has 1 saturated carbocycles. The number of benzene rings is 2. The molecule has 5 rings (SSSR count). The van der Waals surface area contributed by atoms with Gasteiger partial charge >= 0.3 is 5.97 Å². The summed E-state index contributed by atoms with van der Waals surface area (Å²) in [5, 5.41) is 10.3. The van der Waals surface area contributed by atoms with Gasteiger partial charge in [-0.05, 0) is 67.0 Å². The number of aromatic amines is 1. The molecule has 9 heteroatoms. The molecule has 0 spiro atoms. The Kier molecular flexibility index (Phi) is 6.44. The Balaban J connectivity index is 1.60. The number of carbonyl (C=O) groups is 1. The van der Waals surface area contributed by atoms with Crippen molar-refractivity contribution in [1.29, 1.82) is 0 Å². The largest absolute Gasteiger partial charge is 0.496 e. The highest BCUT2D eigenvalue weighted by molar-refractivity contribution is 5.88. The molecule has 2 aromatic carbocycles. The number of nitrogens with one attached hydrogen (secondary N) is 1. The first-order valence-electron chi connectivity index (χ1n) is 12.0. The number of carboxylic acid groups (broad SMARTS) is 1. The highest BCUT2D eigenvalue weighted by Gasteiger charge is 2.50. The number of hydrogen-bond acceptors (Lipinski definition) is 3. The first kappa shape index (κ1) is 24.6. The zero-order valence-electron chi connectivity index (χ0n) is 20.0. The Labute approximate surface area is 206 Å². The number of likely N-dealkylation sites (tertiary alicyclic amines) is 1. The van der Waals surface area contributed by atoms with E-state index in [0.29, 0.717) is 30.8 Å². The van der Waals surface area contributed by atoms with Crippen molar-refractivity contribution in [2.24, 2.45) is 17.8 Å². The molecule has 2 N–H and O–H groups in total. The summed E-state index contributed by atoms with van der Waals surface area (Å²) >= 11 is 0. The lowest BCUT2D eigenvalue weighted by molar-refractivity contribution is 0.0681. The van der Waals surface area contributed by atoms with Crippen LogP contribution in [0.15, 0.2) is 36.5 Å². The van der Waals surface area contributed by atoms with Gasteiger partial charge in [0.25, 0.3) is 6.43 Å². The molecule has 1 saturated heterocycles. The molecule has 1 aromatic heterocycles. The van der Waals surface area contributed by atoms with Crippen LogP contribution in [0.3, 0.4) is 0 Å². The van der Waals surface area contributed by atoms with Crippen molar-refractivity contribution in [3.8, 4) is 5.75 Å². The van der Waals surface area contributed by atoms with Crippen LogP contribution in [0.4, 0.5) is 17.6 Å². The summed E-state index contributed by atoms with van der Waals surface area (Å²) in [5.41, 5.74) is 2.60. The molecule has 1 aliphatic heterocycles. The molecule has 0 unspecified atom stereocenters. The van der Waals surface area contributed by atoms with Crippen LogP contribution in [0, 0.1) is 24.7 Å². The maximum Gasteiger partial charge on any atom is 0.335 e. The Morgan fingerprint density at radius 3 is 2.64 bits per heavy atom. The van der Waals surface area contributed by atoms with Gasteiger partial charge in [-0.2, -0.15) is 0 Å². The van der Waals surface area contributed by atoms with Gasteiger partial charge in [0, 0.05) is 53.3 Å². The predicted molar refractivity (Wildman–Crippen MR) is 127 cm³/mol. The average molecular weight is 505 g/mol. The second kappa shape index (κ2) is 9.42. The maximum absolute atomic E-state index is 14.2. The summed E-state index contributed by atoms with van der Waals surface area (Å²) in [6, 6.07) is 7.13. The Morgan fingerprint density at radius 2 is 1.97 bits per heavy atom. The van der Waals surface area contributed by atoms with Gasteiger partial charge in [0.05, 0.1) is 12.7 Å². The van der Waals surface area contributed by atoms with Gasteiger partial charge in [-0.3, -0.25) is 4.90 Å². The number of aromatic nitrogens is 1. The predicted octanol–water partition coefficient (Wildman–Crippen LogP) is 6.59. The molecular weight excluding hydrogens is 476 g/mol. The van der Waals surface area contributed by atoms with Crippen LogP contribution in [0.5, 0.6) is 5.75 Å². The van der Waals surface area contributed by atoms with Gasteiger partial charge in [-0.1, -0.05) is 6.07 Å². The minimum Gasteiger partial charge on any atom is -0.496 e. The summed E-state index contributed by atoms with van der Waals surface area (Å²) < 4.78 is 61.3. The molecule has 2 heterocycles. The van der Waals surface area contributed by atoms with Crippen molar-refractivity contribution >= 4 is 16.9 Å². The number of ether oxygens (including phenoxy) is 1. The third-order valence-electron chi connectivity index (χ3n) is 7.99. The quantitative estimate of drug-likeness (QED) is 0.357. The van der Waals surface area contributed by atoms with Gasteiger partial charge in [-0.15, -0.1) is 0 Å². The van der Waals surface area contributed by atoms with Crippen LogP contribution in [0.25, 0.3) is 10.9 Å². The van der Waals surface area contributed by atoms with E-state index in [9.17, 15) is 27.5 Å². The van der Waals surface area contributed by atoms with E-state index in [0.717, 1.165) is 28.1 Å². The Morgan fingerprint density at radius 1 is 1.19 bits per heavy atom. The molecular formula is C27H28F4N2O3. The molecule has 0 radical (unpaired) electrons. The summed E-state index contributed by atoms with van der Waals surface area (Å²) in [7, 11) is 1.58. The molecule has 4 atom stereocenters. The minimum atomic E-state index is -2.89. The number of fused-ring (bicyclic) bond motifs is 2. The van der Waals surface area contributed by atoms with Crippen molar-refractivity contribution in [2.45, 2.75) is 45.2 Å². The normalized spacial score (nSPS) is 24.2. The van der Waals surface area contributed by atoms with Gasteiger partial charge < -0.3 is 14.8 Å². The van der Waals surface area contributed by atoms with Crippen molar-refractivity contribution in [3.63, 3.8) is 0 Å². The number of nitrogens with zero attached hydrogens (tertiary/aromatic N) is 1. The molecule has 3 aromatic rings. The van der Waals surface area contributed by atoms with E-state index in [1.165, 1.54) is 12.1 Å². The number of hydrogen-bond donors (Lipinski definition) is 2. The second-order valence-corrected chi connectivity index (χ2v) is 9.95. The standard InChI is InChI=1S/C27H28F4N2O3/c1-13-7-22(36-2)21(17-5-6-32-23(13)17)12-33-11-16-8-15(25(28)29)10-19(16)24(33)18-4-3-14(27(34)35)9-20(18)26(30)31/h3-7,9,15-16,19,24-26,32H,8,10-12H2,1-2H3,(H,34,35)/t15-,16+,19+,24-/m1/s1. The Bertz CT molecular complexity index is 1290. The third kappa shape index (κ3) is 4.13. The van der Waals surface area contributed by atoms with Gasteiger partial charge in [-0.25, -0.2) is 22.4 Å². The number of H-pyrrole nitrogens is 1. The van der Waals surface area contributed by atoms with Crippen LogP contribution in [-0.2, 0) is 6.54 Å². The van der Waals surface area contributed by atoms with E-state index in [-0.39, 0.29) is 29.4 Å². The Hall–Kier alpha value is -3.07. The van der Waals surface area contributed by atoms with Gasteiger partial charge in [0.2, 0.25) is 6.43 Å². The van der Waals surface area contributed by atoms with E-state index in [4.69, 9.17) is 4.74 Å². The highest BCUT2D eigenvalue weighted by Crippen LogP contribution is 2.54. The van der Waals surface area contributed by atoms with Crippen LogP contribution >= 0.6 is 0 Å². The van der Waals surface area contributed by atoms with Crippen molar-refractivity contribution in [1.82, 2.24) is 9.88 Å². The molecule has 0 amide bonds. The lowest BCUT2D eigenvalue weighted by Gasteiger charge is -2.31. The lowest BCUT2D eigenvalue weighted by atomic mass is 9.86. The first-order valence-corrected chi connectivity index (χ1v) is 12.0. The third-order valence-corrected chi connectivity index (χ3v) is 7.99. The van der Waals surface area contributed by atoms with Crippen molar-refractivity contribution < 1.29 is 32.2 Å². The zero-order valence-corrected chi connectivity index (χ0v) is 20.0. The van der Waals surface area contributed by atoms with Crippen LogP contribution < -0.4 is 4.74 Å². The lowest BCUT2D eigenvalue weighted by Crippen LogP contribution is -2.28. The van der Waals surface area contributed by atoms with Gasteiger partial charge in [0.15, 0.2) is 0 Å². The monoisotopic (exact) mass is 504 g/mol. The SMILES string of the molecule is COc1cc(C)c2[nH]ccc2c1CN1C[C@@H]2C[C@@H](C(F)F)C[C@@H]2[C@H]1c1ccc(C(=O)O)cc1C(F)F. The summed E-state index contributed by atoms with van der Waals surface area (Å²) in [4.78, 5) is 16.8. The molecule has 192 valence electrons. The van der Waals surface area contributed by atoms with E-state index in [1.807, 2.05) is 25.3 Å². The fraction of sp³-hybridized carbons (Fsp3) is 0.444. The highest BCUT2D eigenvalue weighted by atomic mass is 19.3. The molecule has 5 nitrogen and oxygen atoms in total. The van der Waals surface area contributed by atoms with Gasteiger partial charge in [0.1, 0.15) is 5.75 Å². The van der Waals surface area contributed by atoms with Crippen LogP contribution in [-0.4, -0.2) is 41.0 Å². The number of carboxylic acids is 1. The fourth-order valence-corrected chi connectivity index (χ4v) is 6.43. The van der Waals surface area contributed by atoms with E-state index < -0.39 is 30.8 Å². The summed E-state index contributed by atoms with van der Waals surface area (Å²) in [6.07, 6.45) is -2.92. The number of methoxy groups -OCH3 is 1. The van der Waals surface area contributed by atoms with E-state index in [1.54, 1.807) is 7.11 Å².